The lowest BCUT2D eigenvalue weighted by molar-refractivity contribution is -0.156. The molecule has 1 aliphatic rings. The zero-order valence-electron chi connectivity index (χ0n) is 17.1. The fraction of sp³-hybridized carbons (Fsp3) is 0.429. The van der Waals surface area contributed by atoms with Crippen LogP contribution in [0.3, 0.4) is 0 Å². The molecule has 0 aliphatic carbocycles. The maximum Gasteiger partial charge on any atom is 0.264 e. The number of rotatable bonds is 9. The van der Waals surface area contributed by atoms with Gasteiger partial charge in [0.2, 0.25) is 5.91 Å². The van der Waals surface area contributed by atoms with Gasteiger partial charge >= 0.3 is 0 Å². The lowest BCUT2D eigenvalue weighted by atomic mass is 9.85. The normalized spacial score (nSPS) is 18.5. The highest BCUT2D eigenvalue weighted by atomic mass is 32.2. The molecule has 162 valence electrons. The van der Waals surface area contributed by atoms with Gasteiger partial charge in [-0.05, 0) is 66.4 Å². The van der Waals surface area contributed by atoms with Gasteiger partial charge in [0.05, 0.1) is 17.9 Å². The van der Waals surface area contributed by atoms with Crippen LogP contribution in [-0.2, 0) is 26.0 Å². The number of hydrogen-bond donors (Lipinski definition) is 1. The summed E-state index contributed by atoms with van der Waals surface area (Å²) in [5.41, 5.74) is -0.294. The van der Waals surface area contributed by atoms with Crippen LogP contribution < -0.4 is 9.46 Å². The zero-order valence-corrected chi connectivity index (χ0v) is 18.7. The van der Waals surface area contributed by atoms with Gasteiger partial charge in [-0.2, -0.15) is 11.3 Å². The quantitative estimate of drug-likeness (QED) is 0.593. The van der Waals surface area contributed by atoms with Crippen molar-refractivity contribution in [1.29, 1.82) is 0 Å². The minimum atomic E-state index is -4.05. The molecule has 1 aliphatic heterocycles. The van der Waals surface area contributed by atoms with Crippen LogP contribution in [0.5, 0.6) is 5.75 Å². The summed E-state index contributed by atoms with van der Waals surface area (Å²) in [5, 5.41) is 3.77. The van der Waals surface area contributed by atoms with E-state index in [0.29, 0.717) is 25.3 Å². The Kier molecular flexibility index (Phi) is 6.82. The van der Waals surface area contributed by atoms with E-state index in [1.54, 1.807) is 19.1 Å². The maximum absolute atomic E-state index is 12.8. The predicted molar refractivity (Wildman–Crippen MR) is 115 cm³/mol. The zero-order chi connectivity index (χ0) is 21.8. The number of nitrogens with one attached hydrogen (secondary N) is 1. The first-order valence-corrected chi connectivity index (χ1v) is 12.3. The van der Waals surface area contributed by atoms with Crippen LogP contribution in [0.4, 0.5) is 0 Å². The fourth-order valence-electron chi connectivity index (χ4n) is 3.20. The lowest BCUT2D eigenvalue weighted by Crippen LogP contribution is -2.68. The highest BCUT2D eigenvalue weighted by molar-refractivity contribution is 7.90. The number of carbonyl (C=O) groups is 2. The third-order valence-electron chi connectivity index (χ3n) is 5.27. The van der Waals surface area contributed by atoms with E-state index < -0.39 is 21.5 Å². The summed E-state index contributed by atoms with van der Waals surface area (Å²) in [4.78, 5) is 26.8. The van der Waals surface area contributed by atoms with Crippen molar-refractivity contribution in [3.05, 3.63) is 46.7 Å². The Bertz CT molecular complexity index is 987. The van der Waals surface area contributed by atoms with E-state index in [1.807, 2.05) is 16.8 Å². The summed E-state index contributed by atoms with van der Waals surface area (Å²) < 4.78 is 33.0. The Balaban J connectivity index is 1.64. The standard InChI is InChI=1S/C21H26N2O5S2/c1-3-4-12-28-17-5-7-18(8-6-17)30(26,27)22-20(25)21(2)10-11-23(21)19(24)14-16-9-13-29-15-16/h5-9,13,15H,3-4,10-12,14H2,1-2H3,(H,22,25). The van der Waals surface area contributed by atoms with Crippen molar-refractivity contribution in [2.75, 3.05) is 13.2 Å². The van der Waals surface area contributed by atoms with Crippen LogP contribution >= 0.6 is 11.3 Å². The second-order valence-corrected chi connectivity index (χ2v) is 9.95. The molecular weight excluding hydrogens is 424 g/mol. The van der Waals surface area contributed by atoms with Crippen molar-refractivity contribution in [1.82, 2.24) is 9.62 Å². The molecule has 30 heavy (non-hydrogen) atoms. The van der Waals surface area contributed by atoms with Gasteiger partial charge in [0.15, 0.2) is 0 Å². The van der Waals surface area contributed by atoms with Crippen molar-refractivity contribution in [3.63, 3.8) is 0 Å². The summed E-state index contributed by atoms with van der Waals surface area (Å²) in [6.07, 6.45) is 2.52. The molecule has 1 N–H and O–H groups in total. The first-order chi connectivity index (χ1) is 14.3. The van der Waals surface area contributed by atoms with E-state index >= 15 is 0 Å². The number of unbranched alkanes of at least 4 members (excludes halogenated alkanes) is 1. The first-order valence-electron chi connectivity index (χ1n) is 9.88. The molecule has 1 saturated heterocycles. The first kappa shape index (κ1) is 22.3. The predicted octanol–water partition coefficient (Wildman–Crippen LogP) is 2.97. The number of carbonyl (C=O) groups excluding carboxylic acids is 2. The second-order valence-electron chi connectivity index (χ2n) is 7.49. The molecule has 7 nitrogen and oxygen atoms in total. The topological polar surface area (TPSA) is 92.8 Å². The van der Waals surface area contributed by atoms with Gasteiger partial charge in [-0.3, -0.25) is 9.59 Å². The number of hydrogen-bond acceptors (Lipinski definition) is 6. The third kappa shape index (κ3) is 4.84. The van der Waals surface area contributed by atoms with Gasteiger partial charge in [-0.15, -0.1) is 0 Å². The van der Waals surface area contributed by atoms with E-state index in [9.17, 15) is 18.0 Å². The molecule has 2 amide bonds. The molecule has 0 bridgehead atoms. The van der Waals surface area contributed by atoms with Crippen LogP contribution in [0.15, 0.2) is 46.0 Å². The Morgan fingerprint density at radius 1 is 1.23 bits per heavy atom. The van der Waals surface area contributed by atoms with Crippen molar-refractivity contribution >= 4 is 33.2 Å². The maximum atomic E-state index is 12.8. The van der Waals surface area contributed by atoms with E-state index in [2.05, 4.69) is 11.6 Å². The summed E-state index contributed by atoms with van der Waals surface area (Å²) >= 11 is 1.50. The highest BCUT2D eigenvalue weighted by Gasteiger charge is 2.50. The molecule has 3 rings (SSSR count). The van der Waals surface area contributed by atoms with Crippen molar-refractivity contribution < 1.29 is 22.7 Å². The Morgan fingerprint density at radius 3 is 2.53 bits per heavy atom. The van der Waals surface area contributed by atoms with Crippen LogP contribution in [-0.4, -0.2) is 43.8 Å². The van der Waals surface area contributed by atoms with Crippen LogP contribution in [0, 0.1) is 0 Å². The molecule has 2 heterocycles. The summed E-state index contributed by atoms with van der Waals surface area (Å²) in [7, 11) is -4.05. The number of nitrogens with zero attached hydrogens (tertiary/aromatic N) is 1. The molecular formula is C21H26N2O5S2. The molecule has 1 aromatic carbocycles. The molecule has 9 heteroatoms. The molecule has 0 saturated carbocycles. The number of ether oxygens (including phenoxy) is 1. The Morgan fingerprint density at radius 2 is 1.97 bits per heavy atom. The Hall–Kier alpha value is -2.39. The van der Waals surface area contributed by atoms with Gasteiger partial charge in [-0.25, -0.2) is 13.1 Å². The van der Waals surface area contributed by atoms with Gasteiger partial charge in [0.25, 0.3) is 15.9 Å². The number of thiophene rings is 1. The van der Waals surface area contributed by atoms with Crippen molar-refractivity contribution in [2.24, 2.45) is 0 Å². The molecule has 1 aromatic heterocycles. The number of likely N-dealkylation sites (tertiary alicyclic amines) is 1. The van der Waals surface area contributed by atoms with E-state index in [1.165, 1.54) is 28.4 Å². The lowest BCUT2D eigenvalue weighted by Gasteiger charge is -2.48. The van der Waals surface area contributed by atoms with Crippen molar-refractivity contribution in [3.8, 4) is 5.75 Å². The van der Waals surface area contributed by atoms with Crippen LogP contribution in [0.25, 0.3) is 0 Å². The van der Waals surface area contributed by atoms with Crippen LogP contribution in [0.1, 0.15) is 38.7 Å². The van der Waals surface area contributed by atoms with Crippen molar-refractivity contribution in [2.45, 2.75) is 50.0 Å². The fourth-order valence-corrected chi connectivity index (χ4v) is 4.94. The van der Waals surface area contributed by atoms with Crippen LogP contribution in [0.2, 0.25) is 0 Å². The van der Waals surface area contributed by atoms with E-state index in [-0.39, 0.29) is 17.2 Å². The summed E-state index contributed by atoms with van der Waals surface area (Å²) in [6, 6.07) is 7.80. The molecule has 0 spiro atoms. The van der Waals surface area contributed by atoms with E-state index in [4.69, 9.17) is 4.74 Å². The van der Waals surface area contributed by atoms with Gasteiger partial charge in [0.1, 0.15) is 11.3 Å². The Labute approximate surface area is 181 Å². The highest BCUT2D eigenvalue weighted by Crippen LogP contribution is 2.32. The number of benzene rings is 1. The number of sulfonamides is 1. The molecule has 1 fully saturated rings. The average molecular weight is 451 g/mol. The van der Waals surface area contributed by atoms with Gasteiger partial charge in [-0.1, -0.05) is 13.3 Å². The summed E-state index contributed by atoms with van der Waals surface area (Å²) in [5.74, 6) is -0.316. The molecule has 2 aromatic rings. The smallest absolute Gasteiger partial charge is 0.264 e. The van der Waals surface area contributed by atoms with Gasteiger partial charge < -0.3 is 9.64 Å². The third-order valence-corrected chi connectivity index (χ3v) is 7.35. The minimum absolute atomic E-state index is 0.0298. The largest absolute Gasteiger partial charge is 0.494 e. The monoisotopic (exact) mass is 450 g/mol. The molecule has 1 atom stereocenters. The van der Waals surface area contributed by atoms with Gasteiger partial charge in [0, 0.05) is 6.54 Å². The van der Waals surface area contributed by atoms with E-state index in [0.717, 1.165) is 18.4 Å². The molecule has 1 unspecified atom stereocenters. The second kappa shape index (κ2) is 9.18. The average Bonchev–Trinajstić information content (AvgIpc) is 3.19. The SMILES string of the molecule is CCCCOc1ccc(S(=O)(=O)NC(=O)C2(C)CCN2C(=O)Cc2ccsc2)cc1. The summed E-state index contributed by atoms with van der Waals surface area (Å²) in [6.45, 7) is 4.64. The molecule has 0 radical (unpaired) electrons. The number of amides is 2. The minimum Gasteiger partial charge on any atom is -0.494 e.